The van der Waals surface area contributed by atoms with Crippen LogP contribution in [0, 0.1) is 11.3 Å². The predicted molar refractivity (Wildman–Crippen MR) is 135 cm³/mol. The van der Waals surface area contributed by atoms with Gasteiger partial charge in [0.2, 0.25) is 11.8 Å². The first-order valence-electron chi connectivity index (χ1n) is 12.9. The monoisotopic (exact) mass is 476 g/mol. The minimum atomic E-state index is -0.502. The number of likely N-dealkylation sites (tertiary alicyclic amines) is 2. The topological polar surface area (TPSA) is 88.8 Å². The molecule has 3 fully saturated rings. The minimum Gasteiger partial charge on any atom is -0.477 e. The Hall–Kier alpha value is -2.93. The van der Waals surface area contributed by atoms with Crippen molar-refractivity contribution in [2.45, 2.75) is 51.5 Å². The third-order valence-electron chi connectivity index (χ3n) is 7.93. The maximum absolute atomic E-state index is 12.8. The number of hydrogen-bond acceptors (Lipinski definition) is 5. The van der Waals surface area contributed by atoms with Gasteiger partial charge in [-0.1, -0.05) is 19.1 Å². The largest absolute Gasteiger partial charge is 0.477 e. The fourth-order valence-corrected chi connectivity index (χ4v) is 5.34. The Kier molecular flexibility index (Phi) is 6.78. The van der Waals surface area contributed by atoms with Gasteiger partial charge in [-0.25, -0.2) is 4.98 Å². The summed E-state index contributed by atoms with van der Waals surface area (Å²) in [6, 6.07) is 10.8. The maximum atomic E-state index is 12.8. The van der Waals surface area contributed by atoms with E-state index in [0.29, 0.717) is 35.7 Å². The first-order valence-corrected chi connectivity index (χ1v) is 12.9. The molecule has 2 aromatic rings. The molecule has 35 heavy (non-hydrogen) atoms. The van der Waals surface area contributed by atoms with Crippen LogP contribution >= 0.6 is 0 Å². The summed E-state index contributed by atoms with van der Waals surface area (Å²) in [5, 5.41) is 0. The van der Waals surface area contributed by atoms with E-state index in [0.717, 1.165) is 24.2 Å². The van der Waals surface area contributed by atoms with Gasteiger partial charge in [-0.15, -0.1) is 0 Å². The van der Waals surface area contributed by atoms with Gasteiger partial charge in [0.25, 0.3) is 5.91 Å². The molecule has 2 N–H and O–H groups in total. The zero-order chi connectivity index (χ0) is 24.4. The van der Waals surface area contributed by atoms with E-state index in [-0.39, 0.29) is 5.91 Å². The van der Waals surface area contributed by atoms with E-state index in [2.05, 4.69) is 16.8 Å². The molecule has 2 amide bonds. The summed E-state index contributed by atoms with van der Waals surface area (Å²) in [5.74, 6) is 0.663. The van der Waals surface area contributed by atoms with Crippen molar-refractivity contribution in [1.29, 1.82) is 0 Å². The lowest BCUT2D eigenvalue weighted by Gasteiger charge is -2.33. The zero-order valence-corrected chi connectivity index (χ0v) is 20.6. The van der Waals surface area contributed by atoms with Crippen LogP contribution in [0.25, 0.3) is 11.1 Å². The molecule has 1 saturated carbocycles. The molecule has 5 rings (SSSR count). The van der Waals surface area contributed by atoms with Crippen LogP contribution in [-0.2, 0) is 4.79 Å². The van der Waals surface area contributed by atoms with Crippen molar-refractivity contribution in [1.82, 2.24) is 14.8 Å². The number of nitrogens with two attached hydrogens (primary N) is 1. The summed E-state index contributed by atoms with van der Waals surface area (Å²) in [5.41, 5.74) is 8.55. The fraction of sp³-hybridized carbons (Fsp3) is 0.536. The second kappa shape index (κ2) is 9.97. The average molecular weight is 477 g/mol. The van der Waals surface area contributed by atoms with Crippen molar-refractivity contribution in [3.05, 3.63) is 48.2 Å². The van der Waals surface area contributed by atoms with E-state index in [1.165, 1.54) is 45.3 Å². The SMILES string of the molecule is CC1(CN2CCC(COc3ccc(-c4ccc(C(=O)N5CCCC5C(N)=O)cc4)cn3)CC2)CC1. The number of aromatic nitrogens is 1. The Morgan fingerprint density at radius 2 is 1.74 bits per heavy atom. The second-order valence-electron chi connectivity index (χ2n) is 10.9. The van der Waals surface area contributed by atoms with Crippen molar-refractivity contribution in [2.24, 2.45) is 17.1 Å². The van der Waals surface area contributed by atoms with Gasteiger partial charge >= 0.3 is 0 Å². The van der Waals surface area contributed by atoms with Crippen LogP contribution in [0.2, 0.25) is 0 Å². The number of amides is 2. The van der Waals surface area contributed by atoms with Crippen LogP contribution in [0.3, 0.4) is 0 Å². The maximum Gasteiger partial charge on any atom is 0.254 e. The Labute approximate surface area is 207 Å². The number of piperidine rings is 1. The van der Waals surface area contributed by atoms with E-state index in [1.807, 2.05) is 30.5 Å². The van der Waals surface area contributed by atoms with Crippen molar-refractivity contribution in [3.8, 4) is 17.0 Å². The number of carbonyl (C=O) groups is 2. The van der Waals surface area contributed by atoms with Crippen LogP contribution in [0.5, 0.6) is 5.88 Å². The highest BCUT2D eigenvalue weighted by molar-refractivity contribution is 5.98. The third kappa shape index (κ3) is 5.67. The second-order valence-corrected chi connectivity index (χ2v) is 10.9. The summed E-state index contributed by atoms with van der Waals surface area (Å²) < 4.78 is 6.00. The van der Waals surface area contributed by atoms with Crippen molar-refractivity contribution in [2.75, 3.05) is 32.8 Å². The van der Waals surface area contributed by atoms with Gasteiger partial charge < -0.3 is 20.3 Å². The lowest BCUT2D eigenvalue weighted by Crippen LogP contribution is -2.43. The smallest absolute Gasteiger partial charge is 0.254 e. The molecule has 1 aromatic carbocycles. The fourth-order valence-electron chi connectivity index (χ4n) is 5.34. The van der Waals surface area contributed by atoms with Gasteiger partial charge in [-0.3, -0.25) is 9.59 Å². The first-order chi connectivity index (χ1) is 16.9. The molecule has 2 saturated heterocycles. The van der Waals surface area contributed by atoms with Gasteiger partial charge in [-0.2, -0.15) is 0 Å². The van der Waals surface area contributed by atoms with Crippen LogP contribution in [0.1, 0.15) is 55.8 Å². The van der Waals surface area contributed by atoms with Crippen LogP contribution < -0.4 is 10.5 Å². The lowest BCUT2D eigenvalue weighted by atomic mass is 9.96. The summed E-state index contributed by atoms with van der Waals surface area (Å²) >= 11 is 0. The van der Waals surface area contributed by atoms with E-state index in [1.54, 1.807) is 17.0 Å². The molecule has 0 radical (unpaired) electrons. The van der Waals surface area contributed by atoms with E-state index in [9.17, 15) is 9.59 Å². The molecule has 2 aliphatic heterocycles. The Bertz CT molecular complexity index is 1040. The molecular weight excluding hydrogens is 440 g/mol. The van der Waals surface area contributed by atoms with E-state index >= 15 is 0 Å². The van der Waals surface area contributed by atoms with Crippen LogP contribution in [-0.4, -0.2) is 65.4 Å². The van der Waals surface area contributed by atoms with Gasteiger partial charge in [0.1, 0.15) is 6.04 Å². The van der Waals surface area contributed by atoms with Crippen molar-refractivity contribution in [3.63, 3.8) is 0 Å². The summed E-state index contributed by atoms with van der Waals surface area (Å²) in [6.07, 6.45) is 8.41. The molecule has 1 atom stereocenters. The standard InChI is InChI=1S/C28H36N4O3/c1-28(12-13-28)19-31-15-10-20(11-16-31)18-35-25-9-8-23(17-30-25)21-4-6-22(7-5-21)27(34)32-14-2-3-24(32)26(29)33/h4-9,17,20,24H,2-3,10-16,18-19H2,1H3,(H2,29,33). The highest BCUT2D eigenvalue weighted by Crippen LogP contribution is 2.45. The minimum absolute atomic E-state index is 0.146. The Balaban J connectivity index is 1.11. The number of carbonyl (C=O) groups excluding carboxylic acids is 2. The number of ether oxygens (including phenoxy) is 1. The highest BCUT2D eigenvalue weighted by atomic mass is 16.5. The van der Waals surface area contributed by atoms with Crippen LogP contribution in [0.4, 0.5) is 0 Å². The molecule has 1 unspecified atom stereocenters. The highest BCUT2D eigenvalue weighted by Gasteiger charge is 2.39. The summed E-state index contributed by atoms with van der Waals surface area (Å²) in [6.45, 7) is 7.30. The number of pyridine rings is 1. The number of primary amides is 1. The molecular formula is C28H36N4O3. The quantitative estimate of drug-likeness (QED) is 0.627. The summed E-state index contributed by atoms with van der Waals surface area (Å²) in [7, 11) is 0. The van der Waals surface area contributed by atoms with E-state index in [4.69, 9.17) is 10.5 Å². The number of benzene rings is 1. The number of hydrogen-bond donors (Lipinski definition) is 1. The van der Waals surface area contributed by atoms with E-state index < -0.39 is 11.9 Å². The third-order valence-corrected chi connectivity index (χ3v) is 7.93. The molecule has 186 valence electrons. The molecule has 1 aromatic heterocycles. The first kappa shape index (κ1) is 23.8. The molecule has 0 bridgehead atoms. The Morgan fingerprint density at radius 3 is 2.37 bits per heavy atom. The lowest BCUT2D eigenvalue weighted by molar-refractivity contribution is -0.121. The normalized spacial score (nSPS) is 22.2. The molecule has 7 heteroatoms. The van der Waals surface area contributed by atoms with Crippen molar-refractivity contribution >= 4 is 11.8 Å². The summed E-state index contributed by atoms with van der Waals surface area (Å²) in [4.78, 5) is 33.2. The number of rotatable bonds is 8. The predicted octanol–water partition coefficient (Wildman–Crippen LogP) is 3.73. The zero-order valence-electron chi connectivity index (χ0n) is 20.6. The van der Waals surface area contributed by atoms with Gasteiger partial charge in [-0.05, 0) is 86.7 Å². The van der Waals surface area contributed by atoms with Crippen LogP contribution in [0.15, 0.2) is 42.6 Å². The molecule has 0 spiro atoms. The van der Waals surface area contributed by atoms with Crippen molar-refractivity contribution < 1.29 is 14.3 Å². The molecule has 3 aliphatic rings. The van der Waals surface area contributed by atoms with Gasteiger partial charge in [0.15, 0.2) is 0 Å². The van der Waals surface area contributed by atoms with Gasteiger partial charge in [0, 0.05) is 36.5 Å². The molecule has 1 aliphatic carbocycles. The Morgan fingerprint density at radius 1 is 1.03 bits per heavy atom. The average Bonchev–Trinajstić information content (AvgIpc) is 3.39. The molecule has 3 heterocycles. The van der Waals surface area contributed by atoms with Gasteiger partial charge in [0.05, 0.1) is 6.61 Å². The molecule has 7 nitrogen and oxygen atoms in total. The number of nitrogens with zero attached hydrogens (tertiary/aromatic N) is 3.